The van der Waals surface area contributed by atoms with Crippen LogP contribution in [0.1, 0.15) is 88.2 Å². The topological polar surface area (TPSA) is 74.6 Å². The molecule has 8 aliphatic carbocycles. The number of rotatable bonds is 5. The largest absolute Gasteiger partial charge is 0.481 e. The van der Waals surface area contributed by atoms with Gasteiger partial charge in [0.2, 0.25) is 0 Å². The Hall–Kier alpha value is -2.62. The van der Waals surface area contributed by atoms with Gasteiger partial charge in [0.1, 0.15) is 0 Å². The van der Waals surface area contributed by atoms with Crippen LogP contribution in [0.15, 0.2) is 48.5 Å². The summed E-state index contributed by atoms with van der Waals surface area (Å²) in [4.78, 5) is 24.6. The van der Waals surface area contributed by atoms with E-state index in [0.29, 0.717) is 23.7 Å². The fourth-order valence-corrected chi connectivity index (χ4v) is 11.7. The molecule has 0 spiro atoms. The molecule has 10 rings (SSSR count). The van der Waals surface area contributed by atoms with Crippen LogP contribution in [0.4, 0.5) is 0 Å². The third-order valence-corrected chi connectivity index (χ3v) is 12.4. The Kier molecular flexibility index (Phi) is 4.61. The Balaban J connectivity index is 1.06. The molecule has 0 saturated heterocycles. The molecule has 8 bridgehead atoms. The average molecular weight is 511 g/mol. The number of carboxylic acid groups (broad SMARTS) is 2. The van der Waals surface area contributed by atoms with E-state index in [1.807, 2.05) is 0 Å². The first-order valence-corrected chi connectivity index (χ1v) is 14.9. The van der Waals surface area contributed by atoms with E-state index in [-0.39, 0.29) is 10.8 Å². The van der Waals surface area contributed by atoms with Crippen molar-refractivity contribution in [3.63, 3.8) is 0 Å². The molecule has 4 unspecified atom stereocenters. The molecule has 8 aliphatic rings. The number of benzene rings is 2. The highest BCUT2D eigenvalue weighted by Gasteiger charge is 2.62. The van der Waals surface area contributed by atoms with Gasteiger partial charge in [0, 0.05) is 0 Å². The second-order valence-corrected chi connectivity index (χ2v) is 14.8. The Morgan fingerprint density at radius 1 is 0.526 bits per heavy atom. The van der Waals surface area contributed by atoms with Gasteiger partial charge in [-0.3, -0.25) is 9.59 Å². The second kappa shape index (κ2) is 7.52. The highest BCUT2D eigenvalue weighted by atomic mass is 16.4. The molecule has 38 heavy (non-hydrogen) atoms. The third kappa shape index (κ3) is 3.15. The van der Waals surface area contributed by atoms with Gasteiger partial charge >= 0.3 is 11.9 Å². The molecule has 0 aliphatic heterocycles. The monoisotopic (exact) mass is 510 g/mol. The van der Waals surface area contributed by atoms with Gasteiger partial charge in [-0.05, 0) is 134 Å². The van der Waals surface area contributed by atoms with E-state index < -0.39 is 22.8 Å². The van der Waals surface area contributed by atoms with Gasteiger partial charge in [-0.15, -0.1) is 0 Å². The molecule has 4 nitrogen and oxygen atoms in total. The number of carbonyl (C=O) groups is 2. The van der Waals surface area contributed by atoms with Crippen LogP contribution in [0, 0.1) is 34.5 Å². The van der Waals surface area contributed by atoms with Crippen molar-refractivity contribution in [2.24, 2.45) is 34.5 Å². The quantitative estimate of drug-likeness (QED) is 0.446. The fourth-order valence-electron chi connectivity index (χ4n) is 11.7. The first kappa shape index (κ1) is 23.3. The normalized spacial score (nSPS) is 43.9. The zero-order valence-electron chi connectivity index (χ0n) is 22.1. The predicted octanol–water partition coefficient (Wildman–Crippen LogP) is 7.20. The molecule has 2 N–H and O–H groups in total. The van der Waals surface area contributed by atoms with E-state index in [1.54, 1.807) is 0 Å². The van der Waals surface area contributed by atoms with Crippen LogP contribution >= 0.6 is 0 Å². The molecule has 8 saturated carbocycles. The van der Waals surface area contributed by atoms with Crippen molar-refractivity contribution in [3.8, 4) is 11.1 Å². The lowest BCUT2D eigenvalue weighted by Crippen LogP contribution is -2.56. The Labute approximate surface area is 224 Å². The molecule has 0 aromatic heterocycles. The molecule has 8 fully saturated rings. The summed E-state index contributed by atoms with van der Waals surface area (Å²) in [5.41, 5.74) is 4.13. The van der Waals surface area contributed by atoms with E-state index in [9.17, 15) is 19.8 Å². The number of hydrogen-bond acceptors (Lipinski definition) is 2. The van der Waals surface area contributed by atoms with Crippen molar-refractivity contribution in [3.05, 3.63) is 59.7 Å². The van der Waals surface area contributed by atoms with Crippen LogP contribution in [0.2, 0.25) is 0 Å². The first-order chi connectivity index (χ1) is 18.2. The van der Waals surface area contributed by atoms with Crippen LogP contribution in [0.3, 0.4) is 0 Å². The van der Waals surface area contributed by atoms with Crippen molar-refractivity contribution in [2.75, 3.05) is 0 Å². The van der Waals surface area contributed by atoms with Crippen LogP contribution in [0.5, 0.6) is 0 Å². The Morgan fingerprint density at radius 2 is 0.842 bits per heavy atom. The van der Waals surface area contributed by atoms with E-state index in [2.05, 4.69) is 48.5 Å². The minimum Gasteiger partial charge on any atom is -0.481 e. The molecule has 4 heteroatoms. The summed E-state index contributed by atoms with van der Waals surface area (Å²) in [5.74, 6) is 1.10. The predicted molar refractivity (Wildman–Crippen MR) is 145 cm³/mol. The van der Waals surface area contributed by atoms with E-state index in [1.165, 1.54) is 35.1 Å². The lowest BCUT2D eigenvalue weighted by atomic mass is 9.43. The third-order valence-electron chi connectivity index (χ3n) is 12.4. The van der Waals surface area contributed by atoms with Gasteiger partial charge in [0.15, 0.2) is 0 Å². The summed E-state index contributed by atoms with van der Waals surface area (Å²) in [5, 5.41) is 20.3. The van der Waals surface area contributed by atoms with E-state index >= 15 is 0 Å². The minimum absolute atomic E-state index is 0.0312. The molecule has 0 heterocycles. The second-order valence-electron chi connectivity index (χ2n) is 14.8. The number of hydrogen-bond donors (Lipinski definition) is 2. The van der Waals surface area contributed by atoms with Gasteiger partial charge in [0.05, 0.1) is 10.8 Å². The average Bonchev–Trinajstić information content (AvgIpc) is 2.87. The van der Waals surface area contributed by atoms with Gasteiger partial charge in [-0.2, -0.15) is 0 Å². The first-order valence-electron chi connectivity index (χ1n) is 14.9. The summed E-state index contributed by atoms with van der Waals surface area (Å²) in [7, 11) is 0. The van der Waals surface area contributed by atoms with Gasteiger partial charge < -0.3 is 10.2 Å². The van der Waals surface area contributed by atoms with Crippen molar-refractivity contribution in [2.45, 2.75) is 87.9 Å². The molecule has 2 aromatic rings. The maximum atomic E-state index is 12.3. The maximum absolute atomic E-state index is 12.3. The van der Waals surface area contributed by atoms with Gasteiger partial charge in [0.25, 0.3) is 0 Å². The highest BCUT2D eigenvalue weighted by molar-refractivity contribution is 5.76. The zero-order chi connectivity index (χ0) is 25.9. The van der Waals surface area contributed by atoms with Crippen LogP contribution in [-0.2, 0) is 20.4 Å². The van der Waals surface area contributed by atoms with E-state index in [0.717, 1.165) is 64.2 Å². The van der Waals surface area contributed by atoms with Crippen LogP contribution in [-0.4, -0.2) is 22.2 Å². The van der Waals surface area contributed by atoms with Gasteiger partial charge in [-0.1, -0.05) is 48.5 Å². The van der Waals surface area contributed by atoms with Crippen molar-refractivity contribution in [1.29, 1.82) is 0 Å². The number of carboxylic acids is 2. The number of aliphatic carboxylic acids is 2. The zero-order valence-corrected chi connectivity index (χ0v) is 22.1. The minimum atomic E-state index is -0.569. The smallest absolute Gasteiger partial charge is 0.309 e. The van der Waals surface area contributed by atoms with Gasteiger partial charge in [-0.25, -0.2) is 0 Å². The van der Waals surface area contributed by atoms with Crippen molar-refractivity contribution < 1.29 is 19.8 Å². The maximum Gasteiger partial charge on any atom is 0.309 e. The molecule has 0 amide bonds. The summed E-state index contributed by atoms with van der Waals surface area (Å²) < 4.78 is 0. The standard InChI is InChI=1S/C34H38O4/c35-29(36)33-15-21-9-22(16-33)12-31(11-21,19-33)27-5-1-25(2-6-27)26-3-7-28(8-4-26)32-13-23-10-24(14-32)18-34(17-23,20-32)30(37)38/h1-8,21-24H,9-20H2,(H,35,36)(H,37,38). The fraction of sp³-hybridized carbons (Fsp3) is 0.588. The summed E-state index contributed by atoms with van der Waals surface area (Å²) in [6, 6.07) is 18.1. The summed E-state index contributed by atoms with van der Waals surface area (Å²) in [6.07, 6.45) is 12.1. The van der Waals surface area contributed by atoms with Crippen LogP contribution < -0.4 is 0 Å². The summed E-state index contributed by atoms with van der Waals surface area (Å²) in [6.45, 7) is 0. The van der Waals surface area contributed by atoms with Crippen LogP contribution in [0.25, 0.3) is 11.1 Å². The van der Waals surface area contributed by atoms with E-state index in [4.69, 9.17) is 0 Å². The molecular weight excluding hydrogens is 472 g/mol. The molecule has 0 radical (unpaired) electrons. The molecule has 198 valence electrons. The Morgan fingerprint density at radius 3 is 1.13 bits per heavy atom. The highest BCUT2D eigenvalue weighted by Crippen LogP contribution is 2.67. The lowest BCUT2D eigenvalue weighted by Gasteiger charge is -2.60. The van der Waals surface area contributed by atoms with Crippen molar-refractivity contribution in [1.82, 2.24) is 0 Å². The Bertz CT molecular complexity index is 1190. The SMILES string of the molecule is O=C(O)C12CC3CC(C1)CC(c1ccc(-c4ccc(C56CC7CC(CC(C(=O)O)(C7)C5)C6)cc4)cc1)(C3)C2. The van der Waals surface area contributed by atoms with Crippen molar-refractivity contribution >= 4 is 11.9 Å². The molecule has 2 aromatic carbocycles. The molecule has 4 atom stereocenters. The summed E-state index contributed by atoms with van der Waals surface area (Å²) >= 11 is 0. The molecular formula is C34H38O4. The lowest BCUT2D eigenvalue weighted by molar-refractivity contribution is -0.167.